The van der Waals surface area contributed by atoms with E-state index in [2.05, 4.69) is 4.99 Å². The van der Waals surface area contributed by atoms with Crippen molar-refractivity contribution in [3.63, 3.8) is 0 Å². The van der Waals surface area contributed by atoms with E-state index in [1.54, 1.807) is 7.11 Å². The molecule has 1 aliphatic heterocycles. The Hall–Kier alpha value is -1.10. The van der Waals surface area contributed by atoms with E-state index in [0.717, 1.165) is 0 Å². The Balaban J connectivity index is 2.08. The summed E-state index contributed by atoms with van der Waals surface area (Å²) in [6, 6.07) is 0. The number of aliphatic imine (C=N–C) groups is 1. The van der Waals surface area contributed by atoms with Gasteiger partial charge >= 0.3 is 6.09 Å². The van der Waals surface area contributed by atoms with Gasteiger partial charge in [-0.05, 0) is 0 Å². The van der Waals surface area contributed by atoms with E-state index in [1.165, 1.54) is 0 Å². The molecule has 0 unspecified atom stereocenters. The van der Waals surface area contributed by atoms with Crippen molar-refractivity contribution in [3.8, 4) is 0 Å². The molecule has 2 N–H and O–H groups in total. The standard InChI is InChI=1S/C7H10N2O3/c1-11-4-2-7(3-4)5(8)9-6(10)12-7/h4H,2-3H2,1H3,(H2,8,9,10). The topological polar surface area (TPSA) is 73.9 Å². The number of hydrogen-bond acceptors (Lipinski definition) is 4. The summed E-state index contributed by atoms with van der Waals surface area (Å²) >= 11 is 0. The summed E-state index contributed by atoms with van der Waals surface area (Å²) in [5, 5.41) is 0. The summed E-state index contributed by atoms with van der Waals surface area (Å²) in [6.45, 7) is 0. The summed E-state index contributed by atoms with van der Waals surface area (Å²) in [6.07, 6.45) is 0.821. The first-order chi connectivity index (χ1) is 5.66. The van der Waals surface area contributed by atoms with Gasteiger partial charge in [0.1, 0.15) is 0 Å². The van der Waals surface area contributed by atoms with Crippen LogP contribution in [0.1, 0.15) is 12.8 Å². The minimum absolute atomic E-state index is 0.143. The fourth-order valence-corrected chi connectivity index (χ4v) is 1.58. The van der Waals surface area contributed by atoms with E-state index in [9.17, 15) is 4.79 Å². The van der Waals surface area contributed by atoms with Gasteiger partial charge in [0.15, 0.2) is 11.4 Å². The molecule has 0 radical (unpaired) electrons. The molecule has 0 aromatic carbocycles. The molecule has 2 aliphatic rings. The predicted octanol–water partition coefficient (Wildman–Crippen LogP) is 0.0414. The van der Waals surface area contributed by atoms with Crippen molar-refractivity contribution in [3.05, 3.63) is 0 Å². The highest BCUT2D eigenvalue weighted by molar-refractivity contribution is 6.02. The van der Waals surface area contributed by atoms with Gasteiger partial charge in [0, 0.05) is 20.0 Å². The third-order valence-electron chi connectivity index (χ3n) is 2.41. The monoisotopic (exact) mass is 170 g/mol. The second kappa shape index (κ2) is 2.20. The quantitative estimate of drug-likeness (QED) is 0.603. The van der Waals surface area contributed by atoms with Crippen LogP contribution in [0.25, 0.3) is 0 Å². The molecule has 1 saturated carbocycles. The Morgan fingerprint density at radius 3 is 2.83 bits per heavy atom. The minimum atomic E-state index is -0.627. The highest BCUT2D eigenvalue weighted by Crippen LogP contribution is 2.40. The number of nitrogens with two attached hydrogens (primary N) is 1. The normalized spacial score (nSPS) is 39.2. The maximum Gasteiger partial charge on any atom is 0.436 e. The van der Waals surface area contributed by atoms with Crippen molar-refractivity contribution in [2.45, 2.75) is 24.5 Å². The van der Waals surface area contributed by atoms with Crippen molar-refractivity contribution in [2.24, 2.45) is 10.7 Å². The van der Waals surface area contributed by atoms with Crippen LogP contribution in [0.15, 0.2) is 4.99 Å². The molecule has 0 aromatic heterocycles. The molecule has 0 bridgehead atoms. The van der Waals surface area contributed by atoms with E-state index in [-0.39, 0.29) is 6.10 Å². The van der Waals surface area contributed by atoms with Gasteiger partial charge < -0.3 is 15.2 Å². The Labute approximate surface area is 69.5 Å². The van der Waals surface area contributed by atoms with Crippen molar-refractivity contribution in [1.82, 2.24) is 0 Å². The fourth-order valence-electron chi connectivity index (χ4n) is 1.58. The number of rotatable bonds is 1. The molecular formula is C7H10N2O3. The molecule has 1 spiro atoms. The van der Waals surface area contributed by atoms with Crippen LogP contribution in [-0.2, 0) is 9.47 Å². The maximum absolute atomic E-state index is 10.7. The summed E-state index contributed by atoms with van der Waals surface area (Å²) in [5.41, 5.74) is 4.90. The Morgan fingerprint density at radius 1 is 1.75 bits per heavy atom. The van der Waals surface area contributed by atoms with Crippen LogP contribution in [0.2, 0.25) is 0 Å². The van der Waals surface area contributed by atoms with E-state index in [4.69, 9.17) is 15.2 Å². The lowest BCUT2D eigenvalue weighted by molar-refractivity contribution is -0.0818. The van der Waals surface area contributed by atoms with Crippen molar-refractivity contribution < 1.29 is 14.3 Å². The summed E-state index contributed by atoms with van der Waals surface area (Å²) in [7, 11) is 1.63. The first-order valence-corrected chi connectivity index (χ1v) is 3.77. The van der Waals surface area contributed by atoms with Gasteiger partial charge in [-0.1, -0.05) is 0 Å². The molecule has 1 aliphatic carbocycles. The largest absolute Gasteiger partial charge is 0.436 e. The second-order valence-electron chi connectivity index (χ2n) is 3.13. The molecule has 2 rings (SSSR count). The van der Waals surface area contributed by atoms with Gasteiger partial charge in [-0.2, -0.15) is 4.99 Å². The van der Waals surface area contributed by atoms with E-state index < -0.39 is 11.7 Å². The van der Waals surface area contributed by atoms with Gasteiger partial charge in [-0.25, -0.2) is 4.79 Å². The maximum atomic E-state index is 10.7. The number of ether oxygens (including phenoxy) is 2. The molecule has 0 aromatic rings. The zero-order chi connectivity index (χ0) is 8.77. The summed E-state index contributed by atoms with van der Waals surface area (Å²) in [4.78, 5) is 14.2. The van der Waals surface area contributed by atoms with Gasteiger partial charge in [-0.3, -0.25) is 0 Å². The van der Waals surface area contributed by atoms with Gasteiger partial charge in [0.2, 0.25) is 0 Å². The van der Waals surface area contributed by atoms with Crippen molar-refractivity contribution in [1.29, 1.82) is 0 Å². The SMILES string of the molecule is COC1CC2(C1)OC(=O)N=C2N. The van der Waals surface area contributed by atoms with Crippen LogP contribution in [0.5, 0.6) is 0 Å². The average Bonchev–Trinajstić information content (AvgIpc) is 2.22. The molecule has 1 amide bonds. The molecule has 66 valence electrons. The van der Waals surface area contributed by atoms with Crippen molar-refractivity contribution in [2.75, 3.05) is 7.11 Å². The second-order valence-corrected chi connectivity index (χ2v) is 3.13. The Morgan fingerprint density at radius 2 is 2.42 bits per heavy atom. The number of carbonyl (C=O) groups is 1. The zero-order valence-electron chi connectivity index (χ0n) is 6.74. The zero-order valence-corrected chi connectivity index (χ0v) is 6.74. The van der Waals surface area contributed by atoms with E-state index in [1.807, 2.05) is 0 Å². The number of hydrogen-bond donors (Lipinski definition) is 1. The fraction of sp³-hybridized carbons (Fsp3) is 0.714. The third kappa shape index (κ3) is 0.828. The number of carbonyl (C=O) groups excluding carboxylic acids is 1. The predicted molar refractivity (Wildman–Crippen MR) is 40.9 cm³/mol. The Kier molecular flexibility index (Phi) is 1.38. The number of amides is 1. The van der Waals surface area contributed by atoms with E-state index in [0.29, 0.717) is 18.7 Å². The Bertz CT molecular complexity index is 255. The first kappa shape index (κ1) is 7.54. The van der Waals surface area contributed by atoms with Crippen LogP contribution in [0, 0.1) is 0 Å². The first-order valence-electron chi connectivity index (χ1n) is 3.77. The van der Waals surface area contributed by atoms with Crippen molar-refractivity contribution >= 4 is 11.9 Å². The lowest BCUT2D eigenvalue weighted by Crippen LogP contribution is -2.56. The lowest BCUT2D eigenvalue weighted by Gasteiger charge is -2.41. The molecule has 1 fully saturated rings. The summed E-state index contributed by atoms with van der Waals surface area (Å²) < 4.78 is 10.0. The molecule has 5 nitrogen and oxygen atoms in total. The van der Waals surface area contributed by atoms with Crippen LogP contribution in [0.4, 0.5) is 4.79 Å². The number of nitrogens with zero attached hydrogens (tertiary/aromatic N) is 1. The van der Waals surface area contributed by atoms with Crippen LogP contribution >= 0.6 is 0 Å². The molecule has 1 heterocycles. The molecule has 0 atom stereocenters. The third-order valence-corrected chi connectivity index (χ3v) is 2.41. The smallest absolute Gasteiger partial charge is 0.433 e. The van der Waals surface area contributed by atoms with Crippen LogP contribution < -0.4 is 5.73 Å². The molecule has 12 heavy (non-hydrogen) atoms. The van der Waals surface area contributed by atoms with Gasteiger partial charge in [0.25, 0.3) is 0 Å². The summed E-state index contributed by atoms with van der Waals surface area (Å²) in [5.74, 6) is 0.292. The highest BCUT2D eigenvalue weighted by atomic mass is 16.6. The minimum Gasteiger partial charge on any atom is -0.433 e. The highest BCUT2D eigenvalue weighted by Gasteiger charge is 2.54. The average molecular weight is 170 g/mol. The molecule has 5 heteroatoms. The van der Waals surface area contributed by atoms with E-state index >= 15 is 0 Å². The number of methoxy groups -OCH3 is 1. The van der Waals surface area contributed by atoms with Gasteiger partial charge in [-0.15, -0.1) is 0 Å². The lowest BCUT2D eigenvalue weighted by atomic mass is 9.76. The van der Waals surface area contributed by atoms with Crippen LogP contribution in [0.3, 0.4) is 0 Å². The van der Waals surface area contributed by atoms with Gasteiger partial charge in [0.05, 0.1) is 6.10 Å². The molecular weight excluding hydrogens is 160 g/mol. The van der Waals surface area contributed by atoms with Crippen LogP contribution in [-0.4, -0.2) is 30.7 Å². The number of amidine groups is 1. The molecule has 0 saturated heterocycles.